The maximum absolute atomic E-state index is 11.8. The van der Waals surface area contributed by atoms with Gasteiger partial charge in [0, 0.05) is 13.0 Å². The van der Waals surface area contributed by atoms with E-state index in [1.165, 1.54) is 0 Å². The van der Waals surface area contributed by atoms with Gasteiger partial charge in [-0.05, 0) is 24.0 Å². The fraction of sp³-hybridized carbons (Fsp3) is 0.500. The van der Waals surface area contributed by atoms with E-state index >= 15 is 0 Å². The predicted molar refractivity (Wildman–Crippen MR) is 64.3 cm³/mol. The van der Waals surface area contributed by atoms with Gasteiger partial charge in [-0.1, -0.05) is 13.8 Å². The van der Waals surface area contributed by atoms with Crippen LogP contribution in [-0.2, 0) is 4.79 Å². The number of anilines is 2. The molecular weight excluding hydrogens is 202 g/mol. The molecular formula is C12H17N3O. The van der Waals surface area contributed by atoms with Crippen LogP contribution in [0.15, 0.2) is 18.3 Å². The van der Waals surface area contributed by atoms with Gasteiger partial charge >= 0.3 is 0 Å². The van der Waals surface area contributed by atoms with E-state index in [0.29, 0.717) is 0 Å². The van der Waals surface area contributed by atoms with Gasteiger partial charge < -0.3 is 10.6 Å². The van der Waals surface area contributed by atoms with Gasteiger partial charge in [0.25, 0.3) is 0 Å². The molecule has 1 fully saturated rings. The van der Waals surface area contributed by atoms with Crippen LogP contribution in [0.1, 0.15) is 20.3 Å². The van der Waals surface area contributed by atoms with E-state index in [-0.39, 0.29) is 17.2 Å². The summed E-state index contributed by atoms with van der Waals surface area (Å²) in [6, 6.07) is 3.69. The van der Waals surface area contributed by atoms with Crippen molar-refractivity contribution >= 4 is 17.4 Å². The Hall–Kier alpha value is -1.58. The minimum atomic E-state index is 0.101. The van der Waals surface area contributed by atoms with E-state index < -0.39 is 0 Å². The fourth-order valence-corrected chi connectivity index (χ4v) is 1.76. The van der Waals surface area contributed by atoms with Crippen molar-refractivity contribution in [3.05, 3.63) is 18.3 Å². The predicted octanol–water partition coefficient (Wildman–Crippen LogP) is 2.11. The van der Waals surface area contributed by atoms with Crippen molar-refractivity contribution in [3.8, 4) is 0 Å². The molecule has 0 aliphatic heterocycles. The number of nitrogens with one attached hydrogen (secondary N) is 2. The van der Waals surface area contributed by atoms with Crippen molar-refractivity contribution in [2.24, 2.45) is 11.3 Å². The second kappa shape index (κ2) is 3.77. The van der Waals surface area contributed by atoms with Gasteiger partial charge in [0.1, 0.15) is 5.82 Å². The molecule has 0 spiro atoms. The summed E-state index contributed by atoms with van der Waals surface area (Å²) in [4.78, 5) is 15.9. The number of hydrogen-bond donors (Lipinski definition) is 2. The maximum atomic E-state index is 11.8. The Bertz CT molecular complexity index is 397. The Morgan fingerprint density at radius 2 is 2.19 bits per heavy atom. The Kier molecular flexibility index (Phi) is 2.58. The number of aromatic nitrogens is 1. The van der Waals surface area contributed by atoms with E-state index in [9.17, 15) is 4.79 Å². The summed E-state index contributed by atoms with van der Waals surface area (Å²) in [7, 11) is 1.81. The van der Waals surface area contributed by atoms with Crippen LogP contribution >= 0.6 is 0 Å². The summed E-state index contributed by atoms with van der Waals surface area (Å²) in [5.74, 6) is 1.05. The van der Waals surface area contributed by atoms with Crippen LogP contribution in [0, 0.1) is 11.3 Å². The normalized spacial score (nSPS) is 21.3. The summed E-state index contributed by atoms with van der Waals surface area (Å²) < 4.78 is 0. The lowest BCUT2D eigenvalue weighted by Gasteiger charge is -2.06. The van der Waals surface area contributed by atoms with E-state index in [1.807, 2.05) is 19.2 Å². The number of amides is 1. The molecule has 2 rings (SSSR count). The standard InChI is InChI=1S/C12H17N3O/c1-12(2)6-9(12)11(16)15-8-4-5-10(13-3)14-7-8/h4-5,7,9H,6H2,1-3H3,(H,13,14)(H,15,16). The molecule has 4 heteroatoms. The number of carbonyl (C=O) groups is 1. The third-order valence-corrected chi connectivity index (χ3v) is 3.12. The summed E-state index contributed by atoms with van der Waals surface area (Å²) in [5.41, 5.74) is 0.925. The van der Waals surface area contributed by atoms with Gasteiger partial charge in [0.2, 0.25) is 5.91 Å². The summed E-state index contributed by atoms with van der Waals surface area (Å²) in [6.45, 7) is 4.22. The topological polar surface area (TPSA) is 54.0 Å². The van der Waals surface area contributed by atoms with Crippen molar-refractivity contribution in [3.63, 3.8) is 0 Å². The molecule has 1 aromatic rings. The Morgan fingerprint density at radius 3 is 2.62 bits per heavy atom. The van der Waals surface area contributed by atoms with Gasteiger partial charge in [-0.2, -0.15) is 0 Å². The molecule has 4 nitrogen and oxygen atoms in total. The minimum absolute atomic E-state index is 0.101. The molecule has 16 heavy (non-hydrogen) atoms. The number of carbonyl (C=O) groups excluding carboxylic acids is 1. The highest BCUT2D eigenvalue weighted by atomic mass is 16.2. The number of rotatable bonds is 3. The smallest absolute Gasteiger partial charge is 0.228 e. The molecule has 1 aliphatic carbocycles. The zero-order valence-corrected chi connectivity index (χ0v) is 9.87. The molecule has 0 radical (unpaired) electrons. The van der Waals surface area contributed by atoms with Gasteiger partial charge in [0.05, 0.1) is 11.9 Å². The summed E-state index contributed by atoms with van der Waals surface area (Å²) in [6.07, 6.45) is 2.64. The molecule has 1 saturated carbocycles. The van der Waals surface area contributed by atoms with Crippen LogP contribution in [-0.4, -0.2) is 17.9 Å². The second-order valence-corrected chi connectivity index (χ2v) is 4.92. The minimum Gasteiger partial charge on any atom is -0.373 e. The van der Waals surface area contributed by atoms with Crippen molar-refractivity contribution in [2.75, 3.05) is 17.7 Å². The molecule has 1 heterocycles. The molecule has 0 bridgehead atoms. The van der Waals surface area contributed by atoms with Crippen molar-refractivity contribution in [1.82, 2.24) is 4.98 Å². The summed E-state index contributed by atoms with van der Waals surface area (Å²) >= 11 is 0. The lowest BCUT2D eigenvalue weighted by atomic mass is 10.1. The molecule has 2 N–H and O–H groups in total. The van der Waals surface area contributed by atoms with Gasteiger partial charge in [-0.25, -0.2) is 4.98 Å². The monoisotopic (exact) mass is 219 g/mol. The zero-order chi connectivity index (χ0) is 11.8. The van der Waals surface area contributed by atoms with Crippen molar-refractivity contribution < 1.29 is 4.79 Å². The average molecular weight is 219 g/mol. The first-order valence-corrected chi connectivity index (χ1v) is 5.47. The first-order valence-electron chi connectivity index (χ1n) is 5.47. The van der Waals surface area contributed by atoms with E-state index in [2.05, 4.69) is 29.5 Å². The fourth-order valence-electron chi connectivity index (χ4n) is 1.76. The first kappa shape index (κ1) is 10.9. The quantitative estimate of drug-likeness (QED) is 0.818. The summed E-state index contributed by atoms with van der Waals surface area (Å²) in [5, 5.41) is 5.81. The zero-order valence-electron chi connectivity index (χ0n) is 9.87. The Labute approximate surface area is 95.5 Å². The SMILES string of the molecule is CNc1ccc(NC(=O)C2CC2(C)C)cn1. The average Bonchev–Trinajstić information content (AvgIpc) is 2.89. The number of nitrogens with zero attached hydrogens (tertiary/aromatic N) is 1. The van der Waals surface area contributed by atoms with Crippen molar-refractivity contribution in [1.29, 1.82) is 0 Å². The first-order chi connectivity index (χ1) is 7.53. The maximum Gasteiger partial charge on any atom is 0.228 e. The van der Waals surface area contributed by atoms with Crippen LogP contribution in [0.2, 0.25) is 0 Å². The molecule has 1 atom stereocenters. The third-order valence-electron chi connectivity index (χ3n) is 3.12. The number of pyridine rings is 1. The molecule has 1 aromatic heterocycles. The highest BCUT2D eigenvalue weighted by Crippen LogP contribution is 2.51. The van der Waals surface area contributed by atoms with E-state index in [4.69, 9.17) is 0 Å². The molecule has 1 amide bonds. The van der Waals surface area contributed by atoms with Gasteiger partial charge in [0.15, 0.2) is 0 Å². The molecule has 86 valence electrons. The van der Waals surface area contributed by atoms with Gasteiger partial charge in [-0.3, -0.25) is 4.79 Å². The van der Waals surface area contributed by atoms with Crippen LogP contribution in [0.25, 0.3) is 0 Å². The van der Waals surface area contributed by atoms with Crippen LogP contribution in [0.5, 0.6) is 0 Å². The lowest BCUT2D eigenvalue weighted by Crippen LogP contribution is -2.16. The second-order valence-electron chi connectivity index (χ2n) is 4.92. The highest BCUT2D eigenvalue weighted by Gasteiger charge is 2.50. The number of hydrogen-bond acceptors (Lipinski definition) is 3. The van der Waals surface area contributed by atoms with E-state index in [0.717, 1.165) is 17.9 Å². The largest absolute Gasteiger partial charge is 0.373 e. The Morgan fingerprint density at radius 1 is 1.50 bits per heavy atom. The van der Waals surface area contributed by atoms with Crippen LogP contribution in [0.3, 0.4) is 0 Å². The highest BCUT2D eigenvalue weighted by molar-refractivity contribution is 5.94. The van der Waals surface area contributed by atoms with Crippen LogP contribution in [0.4, 0.5) is 11.5 Å². The van der Waals surface area contributed by atoms with Crippen molar-refractivity contribution in [2.45, 2.75) is 20.3 Å². The van der Waals surface area contributed by atoms with Gasteiger partial charge in [-0.15, -0.1) is 0 Å². The molecule has 1 unspecified atom stereocenters. The third kappa shape index (κ3) is 2.15. The lowest BCUT2D eigenvalue weighted by molar-refractivity contribution is -0.118. The van der Waals surface area contributed by atoms with Crippen LogP contribution < -0.4 is 10.6 Å². The Balaban J connectivity index is 1.96. The van der Waals surface area contributed by atoms with E-state index in [1.54, 1.807) is 6.20 Å². The molecule has 0 saturated heterocycles. The molecule has 1 aliphatic rings. The molecule has 0 aromatic carbocycles.